The van der Waals surface area contributed by atoms with E-state index in [2.05, 4.69) is 57.9 Å². The van der Waals surface area contributed by atoms with Crippen molar-refractivity contribution in [2.45, 2.75) is 13.5 Å². The summed E-state index contributed by atoms with van der Waals surface area (Å²) in [6, 6.07) is 10.6. The van der Waals surface area contributed by atoms with Gasteiger partial charge in [0.2, 0.25) is 0 Å². The van der Waals surface area contributed by atoms with Gasteiger partial charge in [-0.05, 0) is 6.92 Å². The molecule has 0 unspecified atom stereocenters. The van der Waals surface area contributed by atoms with Crippen molar-refractivity contribution in [2.24, 2.45) is 0 Å². The molecule has 0 bridgehead atoms. The molecular formula is C14H22ClNO2. The van der Waals surface area contributed by atoms with Crippen LogP contribution in [0.4, 0.5) is 0 Å². The maximum atomic E-state index is 9.25. The van der Waals surface area contributed by atoms with Crippen LogP contribution in [-0.4, -0.2) is 36.2 Å². The fourth-order valence-corrected chi connectivity index (χ4v) is 1.19. The van der Waals surface area contributed by atoms with Gasteiger partial charge in [-0.15, -0.1) is 0 Å². The highest BCUT2D eigenvalue weighted by atomic mass is 35.5. The van der Waals surface area contributed by atoms with Crippen LogP contribution in [0.15, 0.2) is 43.0 Å². The Morgan fingerprint density at radius 1 is 1.33 bits per heavy atom. The molecule has 3 nitrogen and oxygen atoms in total. The topological polar surface area (TPSA) is 37.3 Å². The lowest BCUT2D eigenvalue weighted by Gasteiger charge is -2.28. The summed E-state index contributed by atoms with van der Waals surface area (Å²) in [5.41, 5.74) is 1.42. The molecule has 0 aliphatic carbocycles. The van der Waals surface area contributed by atoms with Crippen molar-refractivity contribution >= 4 is 5.97 Å². The minimum Gasteiger partial charge on any atom is -1.00 e. The van der Waals surface area contributed by atoms with Gasteiger partial charge in [-0.1, -0.05) is 36.9 Å². The second-order valence-electron chi connectivity index (χ2n) is 4.44. The van der Waals surface area contributed by atoms with Crippen molar-refractivity contribution < 1.29 is 26.8 Å². The fourth-order valence-electron chi connectivity index (χ4n) is 1.19. The number of carbonyl (C=O) groups is 1. The van der Waals surface area contributed by atoms with Crippen LogP contribution in [0.1, 0.15) is 12.5 Å². The third-order valence-corrected chi connectivity index (χ3v) is 2.48. The molecule has 0 amide bonds. The lowest BCUT2D eigenvalue weighted by atomic mass is 10.2. The van der Waals surface area contributed by atoms with Gasteiger partial charge in [-0.25, -0.2) is 4.79 Å². The number of rotatable bonds is 4. The molecule has 0 fully saturated rings. The SMILES string of the molecule is C=CC(=O)O.CC[N+](C)(C)Cc1ccccc1.[Cl-]. The Morgan fingerprint density at radius 2 is 1.78 bits per heavy atom. The number of carboxylic acid groups (broad SMARTS) is 1. The quantitative estimate of drug-likeness (QED) is 0.595. The first-order valence-corrected chi connectivity index (χ1v) is 5.62. The zero-order valence-corrected chi connectivity index (χ0v) is 12.0. The molecule has 0 saturated heterocycles. The Balaban J connectivity index is 0. The highest BCUT2D eigenvalue weighted by Crippen LogP contribution is 2.07. The third kappa shape index (κ3) is 9.87. The van der Waals surface area contributed by atoms with Crippen molar-refractivity contribution in [3.63, 3.8) is 0 Å². The zero-order chi connectivity index (χ0) is 13.3. The van der Waals surface area contributed by atoms with Gasteiger partial charge in [0.25, 0.3) is 0 Å². The molecule has 1 aromatic carbocycles. The first kappa shape index (κ1) is 19.0. The molecule has 1 rings (SSSR count). The number of quaternary nitrogens is 1. The molecule has 18 heavy (non-hydrogen) atoms. The molecule has 0 radical (unpaired) electrons. The summed E-state index contributed by atoms with van der Waals surface area (Å²) in [6.07, 6.45) is 0.833. The lowest BCUT2D eigenvalue weighted by molar-refractivity contribution is -0.901. The Morgan fingerprint density at radius 3 is 2.11 bits per heavy atom. The molecule has 0 aliphatic rings. The highest BCUT2D eigenvalue weighted by Gasteiger charge is 2.11. The van der Waals surface area contributed by atoms with Crippen molar-refractivity contribution in [3.8, 4) is 0 Å². The summed E-state index contributed by atoms with van der Waals surface area (Å²) in [6.45, 7) is 7.48. The van der Waals surface area contributed by atoms with E-state index in [0.717, 1.165) is 17.1 Å². The van der Waals surface area contributed by atoms with E-state index in [9.17, 15) is 4.79 Å². The van der Waals surface area contributed by atoms with Gasteiger partial charge in [0.15, 0.2) is 0 Å². The van der Waals surface area contributed by atoms with Crippen molar-refractivity contribution in [1.29, 1.82) is 0 Å². The minimum atomic E-state index is -0.981. The molecule has 0 aliphatic heterocycles. The van der Waals surface area contributed by atoms with E-state index in [4.69, 9.17) is 5.11 Å². The molecule has 0 spiro atoms. The fraction of sp³-hybridized carbons (Fsp3) is 0.357. The highest BCUT2D eigenvalue weighted by molar-refractivity contribution is 5.78. The normalized spacial score (nSPS) is 9.50. The van der Waals surface area contributed by atoms with Crippen LogP contribution >= 0.6 is 0 Å². The number of nitrogens with zero attached hydrogens (tertiary/aromatic N) is 1. The summed E-state index contributed by atoms with van der Waals surface area (Å²) in [5, 5.41) is 7.60. The predicted octanol–water partition coefficient (Wildman–Crippen LogP) is -0.456. The number of aliphatic carboxylic acids is 1. The predicted molar refractivity (Wildman–Crippen MR) is 70.6 cm³/mol. The average molecular weight is 272 g/mol. The summed E-state index contributed by atoms with van der Waals surface area (Å²) in [7, 11) is 4.51. The van der Waals surface area contributed by atoms with Gasteiger partial charge in [0.1, 0.15) is 6.54 Å². The van der Waals surface area contributed by atoms with Crippen LogP contribution in [0.25, 0.3) is 0 Å². The Labute approximate surface area is 116 Å². The number of hydrogen-bond acceptors (Lipinski definition) is 1. The van der Waals surface area contributed by atoms with E-state index < -0.39 is 5.97 Å². The van der Waals surface area contributed by atoms with Crippen LogP contribution in [0.2, 0.25) is 0 Å². The number of halogens is 1. The van der Waals surface area contributed by atoms with Crippen LogP contribution in [0.5, 0.6) is 0 Å². The zero-order valence-electron chi connectivity index (χ0n) is 11.3. The van der Waals surface area contributed by atoms with Gasteiger partial charge in [-0.2, -0.15) is 0 Å². The maximum absolute atomic E-state index is 9.25. The van der Waals surface area contributed by atoms with Crippen LogP contribution in [0.3, 0.4) is 0 Å². The van der Waals surface area contributed by atoms with Crippen LogP contribution < -0.4 is 12.4 Å². The van der Waals surface area contributed by atoms with E-state index in [1.807, 2.05) is 0 Å². The summed E-state index contributed by atoms with van der Waals surface area (Å²) in [4.78, 5) is 9.25. The first-order chi connectivity index (χ1) is 7.91. The monoisotopic (exact) mass is 271 g/mol. The molecule has 4 heteroatoms. The number of benzene rings is 1. The van der Waals surface area contributed by atoms with Gasteiger partial charge < -0.3 is 22.0 Å². The Bertz CT molecular complexity index is 350. The second kappa shape index (κ2) is 9.68. The molecule has 0 saturated carbocycles. The average Bonchev–Trinajstić information content (AvgIpc) is 2.30. The molecule has 0 atom stereocenters. The van der Waals surface area contributed by atoms with Crippen molar-refractivity contribution in [1.82, 2.24) is 0 Å². The van der Waals surface area contributed by atoms with E-state index in [0.29, 0.717) is 0 Å². The van der Waals surface area contributed by atoms with Crippen LogP contribution in [0, 0.1) is 0 Å². The van der Waals surface area contributed by atoms with E-state index in [1.165, 1.54) is 12.1 Å². The molecule has 1 N–H and O–H groups in total. The second-order valence-corrected chi connectivity index (χ2v) is 4.44. The molecule has 1 aromatic rings. The van der Waals surface area contributed by atoms with Gasteiger partial charge in [-0.3, -0.25) is 0 Å². The van der Waals surface area contributed by atoms with Crippen molar-refractivity contribution in [3.05, 3.63) is 48.6 Å². The Kier molecular flexibility index (Phi) is 10.2. The van der Waals surface area contributed by atoms with E-state index in [-0.39, 0.29) is 12.4 Å². The summed E-state index contributed by atoms with van der Waals surface area (Å²) in [5.74, 6) is -0.981. The van der Waals surface area contributed by atoms with Crippen molar-refractivity contribution in [2.75, 3.05) is 20.6 Å². The Hall–Kier alpha value is -1.32. The van der Waals surface area contributed by atoms with Gasteiger partial charge >= 0.3 is 5.97 Å². The number of hydrogen-bond donors (Lipinski definition) is 1. The van der Waals surface area contributed by atoms with Gasteiger partial charge in [0, 0.05) is 11.6 Å². The van der Waals surface area contributed by atoms with E-state index in [1.54, 1.807) is 0 Å². The third-order valence-electron chi connectivity index (χ3n) is 2.48. The number of carboxylic acids is 1. The summed E-state index contributed by atoms with van der Waals surface area (Å²) >= 11 is 0. The minimum absolute atomic E-state index is 0. The standard InChI is InChI=1S/C11H18N.C3H4O2.ClH/c1-4-12(2,3)10-11-8-6-5-7-9-11;1-2-3(4)5;/h5-9H,4,10H2,1-3H3;2H,1H2,(H,4,5);1H/q+1;;/p-1. The molecular weight excluding hydrogens is 250 g/mol. The lowest BCUT2D eigenvalue weighted by Crippen LogP contribution is -3.00. The molecule has 0 heterocycles. The van der Waals surface area contributed by atoms with E-state index >= 15 is 0 Å². The van der Waals surface area contributed by atoms with Crippen LogP contribution in [-0.2, 0) is 11.3 Å². The first-order valence-electron chi connectivity index (χ1n) is 5.62. The molecule has 0 aromatic heterocycles. The summed E-state index contributed by atoms with van der Waals surface area (Å²) < 4.78 is 1.06. The maximum Gasteiger partial charge on any atom is 0.327 e. The largest absolute Gasteiger partial charge is 1.00 e. The smallest absolute Gasteiger partial charge is 0.327 e. The molecule has 102 valence electrons. The van der Waals surface area contributed by atoms with Gasteiger partial charge in [0.05, 0.1) is 20.6 Å².